The maximum atomic E-state index is 11.5. The van der Waals surface area contributed by atoms with Crippen LogP contribution < -0.4 is 0 Å². The Kier molecular flexibility index (Phi) is 14.5. The van der Waals surface area contributed by atoms with Crippen molar-refractivity contribution in [3.05, 3.63) is 18.2 Å². The Hall–Kier alpha value is -1.14. The van der Waals surface area contributed by atoms with Gasteiger partial charge in [-0.05, 0) is 31.0 Å². The van der Waals surface area contributed by atoms with Crippen LogP contribution in [0, 0.1) is 0 Å². The molecule has 37 heavy (non-hydrogen) atoms. The first kappa shape index (κ1) is 32.1. The molecule has 212 valence electrons. The summed E-state index contributed by atoms with van der Waals surface area (Å²) in [6.07, 6.45) is 18.4. The third-order valence-electron chi connectivity index (χ3n) is 6.50. The number of rotatable bonds is 21. The summed E-state index contributed by atoms with van der Waals surface area (Å²) < 4.78 is 65.5. The highest BCUT2D eigenvalue weighted by Crippen LogP contribution is 2.27. The lowest BCUT2D eigenvalue weighted by Crippen LogP contribution is -2.09. The molecule has 0 atom stereocenters. The van der Waals surface area contributed by atoms with Crippen molar-refractivity contribution >= 4 is 43.0 Å². The molecule has 0 aliphatic heterocycles. The number of hydrogen-bond acceptors (Lipinski definition) is 6. The second-order valence-electron chi connectivity index (χ2n) is 9.76. The fourth-order valence-electron chi connectivity index (χ4n) is 4.44. The normalized spacial score (nSPS) is 12.5. The average molecular weight is 577 g/mol. The molecule has 11 heteroatoms. The smallest absolute Gasteiger partial charge is 0.294 e. The van der Waals surface area contributed by atoms with Gasteiger partial charge in [-0.25, -0.2) is 4.98 Å². The van der Waals surface area contributed by atoms with Crippen LogP contribution in [-0.4, -0.2) is 47.0 Å². The minimum Gasteiger partial charge on any atom is -0.319 e. The third kappa shape index (κ3) is 13.0. The van der Waals surface area contributed by atoms with Crippen LogP contribution in [-0.2, 0) is 26.8 Å². The fraction of sp³-hybridized carbons (Fsp3) is 0.731. The Morgan fingerprint density at radius 1 is 0.784 bits per heavy atom. The molecule has 1 aromatic heterocycles. The van der Waals surface area contributed by atoms with Crippen LogP contribution >= 0.6 is 11.8 Å². The van der Waals surface area contributed by atoms with Gasteiger partial charge in [0.25, 0.3) is 20.2 Å². The summed E-state index contributed by atoms with van der Waals surface area (Å²) in [5, 5.41) is 0.674. The van der Waals surface area contributed by atoms with Crippen LogP contribution in [0.4, 0.5) is 0 Å². The van der Waals surface area contributed by atoms with Gasteiger partial charge >= 0.3 is 0 Å². The molecule has 0 amide bonds. The minimum atomic E-state index is -4.35. The van der Waals surface area contributed by atoms with Crippen LogP contribution in [0.5, 0.6) is 0 Å². The first-order chi connectivity index (χ1) is 17.6. The zero-order chi connectivity index (χ0) is 27.2. The molecule has 0 spiro atoms. The lowest BCUT2D eigenvalue weighted by molar-refractivity contribution is 0.476. The van der Waals surface area contributed by atoms with Gasteiger partial charge in [0.05, 0.1) is 21.7 Å². The molecule has 0 fully saturated rings. The average Bonchev–Trinajstić information content (AvgIpc) is 3.17. The van der Waals surface area contributed by atoms with Gasteiger partial charge in [-0.15, -0.1) is 0 Å². The number of fused-ring (bicyclic) bond motifs is 1. The van der Waals surface area contributed by atoms with Crippen LogP contribution in [0.25, 0.3) is 11.0 Å². The molecule has 2 aromatic rings. The summed E-state index contributed by atoms with van der Waals surface area (Å²) >= 11 is 1.56. The van der Waals surface area contributed by atoms with Gasteiger partial charge < -0.3 is 4.57 Å². The van der Waals surface area contributed by atoms with Crippen molar-refractivity contribution in [2.24, 2.45) is 0 Å². The van der Waals surface area contributed by atoms with Crippen molar-refractivity contribution in [2.75, 3.05) is 11.5 Å². The third-order valence-corrected chi connectivity index (χ3v) is 9.21. The highest BCUT2D eigenvalue weighted by atomic mass is 32.2. The van der Waals surface area contributed by atoms with Crippen LogP contribution in [0.3, 0.4) is 0 Å². The number of hydrogen-bond donors (Lipinski definition) is 2. The standard InChI is InChI=1S/C26H44N2O6S3/c1-2-3-4-5-6-7-8-9-10-11-12-13-14-15-20-35-26-27-24-22-23(37(32,33)34)17-18-25(24)28(26)19-16-21-36(29,30)31/h17-18,22H,2-16,19-21H2,1H3,(H,29,30,31)(H,32,33,34). The summed E-state index contributed by atoms with van der Waals surface area (Å²) in [5.74, 6) is 0.490. The van der Waals surface area contributed by atoms with Crippen molar-refractivity contribution < 1.29 is 25.9 Å². The summed E-state index contributed by atoms with van der Waals surface area (Å²) in [6.45, 7) is 2.57. The predicted octanol–water partition coefficient (Wildman–Crippen LogP) is 7.13. The Balaban J connectivity index is 1.74. The molecule has 2 rings (SSSR count). The van der Waals surface area contributed by atoms with E-state index in [0.717, 1.165) is 18.6 Å². The van der Waals surface area contributed by atoms with Crippen LogP contribution in [0.15, 0.2) is 28.3 Å². The lowest BCUT2D eigenvalue weighted by Gasteiger charge is -2.09. The van der Waals surface area contributed by atoms with E-state index in [-0.39, 0.29) is 17.1 Å². The second-order valence-corrected chi connectivity index (χ2v) is 13.8. The van der Waals surface area contributed by atoms with E-state index in [0.29, 0.717) is 22.7 Å². The highest BCUT2D eigenvalue weighted by molar-refractivity contribution is 7.99. The van der Waals surface area contributed by atoms with Gasteiger partial charge in [0.2, 0.25) is 0 Å². The van der Waals surface area contributed by atoms with Crippen molar-refractivity contribution in [1.82, 2.24) is 9.55 Å². The Morgan fingerprint density at radius 2 is 1.32 bits per heavy atom. The molecule has 2 N–H and O–H groups in total. The van der Waals surface area contributed by atoms with Crippen molar-refractivity contribution in [3.63, 3.8) is 0 Å². The minimum absolute atomic E-state index is 0.205. The summed E-state index contributed by atoms with van der Waals surface area (Å²) in [6, 6.07) is 4.19. The Morgan fingerprint density at radius 3 is 1.84 bits per heavy atom. The van der Waals surface area contributed by atoms with E-state index < -0.39 is 20.2 Å². The molecular formula is C26H44N2O6S3. The number of nitrogens with zero attached hydrogens (tertiary/aromatic N) is 2. The molecule has 0 aliphatic carbocycles. The van der Waals surface area contributed by atoms with E-state index in [1.807, 2.05) is 4.57 Å². The molecule has 0 saturated heterocycles. The highest BCUT2D eigenvalue weighted by Gasteiger charge is 2.16. The van der Waals surface area contributed by atoms with Crippen molar-refractivity contribution in [3.8, 4) is 0 Å². The summed E-state index contributed by atoms with van der Waals surface area (Å²) in [4.78, 5) is 4.31. The quantitative estimate of drug-likeness (QED) is 0.0912. The molecular weight excluding hydrogens is 532 g/mol. The van der Waals surface area contributed by atoms with Gasteiger partial charge in [0.1, 0.15) is 0 Å². The van der Waals surface area contributed by atoms with E-state index in [9.17, 15) is 21.4 Å². The molecule has 1 heterocycles. The molecule has 0 bridgehead atoms. The number of benzene rings is 1. The fourth-order valence-corrected chi connectivity index (χ4v) is 6.47. The predicted molar refractivity (Wildman–Crippen MR) is 152 cm³/mol. The van der Waals surface area contributed by atoms with E-state index in [1.54, 1.807) is 17.8 Å². The lowest BCUT2D eigenvalue weighted by atomic mass is 10.0. The second kappa shape index (κ2) is 16.7. The topological polar surface area (TPSA) is 127 Å². The van der Waals surface area contributed by atoms with E-state index >= 15 is 0 Å². The number of unbranched alkanes of at least 4 members (excludes halogenated alkanes) is 13. The molecule has 0 saturated carbocycles. The van der Waals surface area contributed by atoms with Crippen molar-refractivity contribution in [1.29, 1.82) is 0 Å². The number of aromatic nitrogens is 2. The monoisotopic (exact) mass is 576 g/mol. The molecule has 0 radical (unpaired) electrons. The largest absolute Gasteiger partial charge is 0.319 e. The maximum absolute atomic E-state index is 11.5. The molecule has 1 aromatic carbocycles. The van der Waals surface area contributed by atoms with Gasteiger partial charge in [-0.3, -0.25) is 9.11 Å². The summed E-state index contributed by atoms with van der Waals surface area (Å²) in [5.41, 5.74) is 1.08. The first-order valence-electron chi connectivity index (χ1n) is 13.7. The van der Waals surface area contributed by atoms with Gasteiger partial charge in [-0.1, -0.05) is 102 Å². The molecule has 8 nitrogen and oxygen atoms in total. The number of thioether (sulfide) groups is 1. The van der Waals surface area contributed by atoms with Crippen LogP contribution in [0.2, 0.25) is 0 Å². The van der Waals surface area contributed by atoms with Gasteiger partial charge in [-0.2, -0.15) is 16.8 Å². The Labute approximate surface area is 227 Å². The van der Waals surface area contributed by atoms with E-state index in [4.69, 9.17) is 4.55 Å². The number of imidazole rings is 1. The molecule has 0 unspecified atom stereocenters. The Bertz CT molecular complexity index is 1150. The van der Waals surface area contributed by atoms with Gasteiger partial charge in [0, 0.05) is 12.3 Å². The summed E-state index contributed by atoms with van der Waals surface area (Å²) in [7, 11) is -8.41. The van der Waals surface area contributed by atoms with Crippen molar-refractivity contribution in [2.45, 2.75) is 120 Å². The zero-order valence-corrected chi connectivity index (χ0v) is 24.6. The van der Waals surface area contributed by atoms with Gasteiger partial charge in [0.15, 0.2) is 5.16 Å². The van der Waals surface area contributed by atoms with E-state index in [2.05, 4.69) is 11.9 Å². The van der Waals surface area contributed by atoms with E-state index in [1.165, 1.54) is 89.2 Å². The SMILES string of the molecule is CCCCCCCCCCCCCCCCSc1nc2cc(S(=O)(=O)O)ccc2n1CCCS(=O)(=O)O. The zero-order valence-electron chi connectivity index (χ0n) is 22.1. The maximum Gasteiger partial charge on any atom is 0.294 e. The van der Waals surface area contributed by atoms with Crippen LogP contribution in [0.1, 0.15) is 103 Å². The molecule has 0 aliphatic rings. The first-order valence-corrected chi connectivity index (χ1v) is 17.7. The number of aryl methyl sites for hydroxylation is 1.